The van der Waals surface area contributed by atoms with E-state index in [1.807, 2.05) is 11.8 Å². The topological polar surface area (TPSA) is 29.1 Å². The zero-order valence-electron chi connectivity index (χ0n) is 11.4. The van der Waals surface area contributed by atoms with E-state index in [9.17, 15) is 4.79 Å². The fourth-order valence-corrected chi connectivity index (χ4v) is 4.66. The van der Waals surface area contributed by atoms with Crippen molar-refractivity contribution in [2.75, 3.05) is 6.54 Å². The van der Waals surface area contributed by atoms with Crippen LogP contribution in [0, 0.1) is 6.92 Å². The average molecular weight is 303 g/mol. The summed E-state index contributed by atoms with van der Waals surface area (Å²) in [5.74, 6) is 2.19. The lowest BCUT2D eigenvalue weighted by molar-refractivity contribution is 0.0958. The first-order valence-corrected chi connectivity index (χ1v) is 8.72. The molecule has 104 valence electrons. The number of hydrogen-bond donors (Lipinski definition) is 1. The molecule has 1 N–H and O–H groups in total. The van der Waals surface area contributed by atoms with E-state index in [1.54, 1.807) is 11.3 Å². The second-order valence-electron chi connectivity index (χ2n) is 5.04. The van der Waals surface area contributed by atoms with Gasteiger partial charge in [-0.2, -0.15) is 11.8 Å². The lowest BCUT2D eigenvalue weighted by Crippen LogP contribution is -2.24. The molecule has 0 spiro atoms. The van der Waals surface area contributed by atoms with Crippen LogP contribution in [0.25, 0.3) is 0 Å². The van der Waals surface area contributed by atoms with Gasteiger partial charge in [0.2, 0.25) is 0 Å². The van der Waals surface area contributed by atoms with E-state index in [-0.39, 0.29) is 5.91 Å². The summed E-state index contributed by atoms with van der Waals surface area (Å²) in [7, 11) is 0. The van der Waals surface area contributed by atoms with Crippen molar-refractivity contribution in [1.29, 1.82) is 0 Å². The Balaban J connectivity index is 1.52. The third-order valence-corrected chi connectivity index (χ3v) is 5.80. The maximum atomic E-state index is 12.1. The fourth-order valence-electron chi connectivity index (χ4n) is 2.24. The van der Waals surface area contributed by atoms with E-state index in [0.717, 1.165) is 22.8 Å². The van der Waals surface area contributed by atoms with Gasteiger partial charge >= 0.3 is 0 Å². The molecule has 0 bridgehead atoms. The zero-order chi connectivity index (χ0) is 13.9. The molecule has 0 aliphatic carbocycles. The first-order chi connectivity index (χ1) is 9.72. The largest absolute Gasteiger partial charge is 0.351 e. The van der Waals surface area contributed by atoms with Gasteiger partial charge in [0.25, 0.3) is 5.91 Å². The number of amides is 1. The molecule has 1 aromatic heterocycles. The van der Waals surface area contributed by atoms with Crippen LogP contribution in [-0.2, 0) is 17.9 Å². The molecule has 0 fully saturated rings. The maximum absolute atomic E-state index is 12.1. The van der Waals surface area contributed by atoms with Crippen molar-refractivity contribution >= 4 is 29.0 Å². The third kappa shape index (κ3) is 3.07. The van der Waals surface area contributed by atoms with Crippen molar-refractivity contribution in [3.8, 4) is 0 Å². The Bertz CT molecular complexity index is 594. The van der Waals surface area contributed by atoms with E-state index in [2.05, 4.69) is 42.6 Å². The van der Waals surface area contributed by atoms with Crippen LogP contribution in [0.15, 0.2) is 30.3 Å². The molecule has 1 aliphatic rings. The van der Waals surface area contributed by atoms with Gasteiger partial charge in [0.15, 0.2) is 0 Å². The molecule has 4 heteroatoms. The third-order valence-electron chi connectivity index (χ3n) is 3.43. The van der Waals surface area contributed by atoms with E-state index >= 15 is 0 Å². The number of fused-ring (bicyclic) bond motifs is 1. The Hall–Kier alpha value is -1.26. The van der Waals surface area contributed by atoms with E-state index in [0.29, 0.717) is 6.54 Å². The summed E-state index contributed by atoms with van der Waals surface area (Å²) in [6, 6.07) is 10.5. The molecular formula is C16H17NOS2. The zero-order valence-corrected chi connectivity index (χ0v) is 13.1. The first-order valence-electron chi connectivity index (χ1n) is 6.75. The van der Waals surface area contributed by atoms with Crippen molar-refractivity contribution in [1.82, 2.24) is 5.32 Å². The van der Waals surface area contributed by atoms with Crippen molar-refractivity contribution < 1.29 is 4.79 Å². The SMILES string of the molecule is Cc1ccc(CCNC(=O)c2cc3c(s2)CSC3)cc1. The number of thiophene rings is 1. The van der Waals surface area contributed by atoms with Crippen LogP contribution >= 0.6 is 23.1 Å². The Morgan fingerprint density at radius 1 is 1.25 bits per heavy atom. The molecule has 20 heavy (non-hydrogen) atoms. The highest BCUT2D eigenvalue weighted by atomic mass is 32.2. The number of hydrogen-bond acceptors (Lipinski definition) is 3. The molecule has 2 heterocycles. The molecular weight excluding hydrogens is 286 g/mol. The Morgan fingerprint density at radius 2 is 2.05 bits per heavy atom. The molecule has 1 aliphatic heterocycles. The Morgan fingerprint density at radius 3 is 2.80 bits per heavy atom. The number of benzene rings is 1. The van der Waals surface area contributed by atoms with Gasteiger partial charge in [-0.3, -0.25) is 4.79 Å². The Kier molecular flexibility index (Phi) is 4.13. The maximum Gasteiger partial charge on any atom is 0.261 e. The van der Waals surface area contributed by atoms with Crippen LogP contribution in [0.3, 0.4) is 0 Å². The minimum atomic E-state index is 0.0708. The monoisotopic (exact) mass is 303 g/mol. The van der Waals surface area contributed by atoms with E-state index in [4.69, 9.17) is 0 Å². The quantitative estimate of drug-likeness (QED) is 0.931. The smallest absolute Gasteiger partial charge is 0.261 e. The predicted octanol–water partition coefficient (Wildman–Crippen LogP) is 3.78. The molecule has 0 radical (unpaired) electrons. The van der Waals surface area contributed by atoms with Crippen LogP contribution in [0.1, 0.15) is 31.2 Å². The number of nitrogens with one attached hydrogen (secondary N) is 1. The first kappa shape index (κ1) is 13.7. The van der Waals surface area contributed by atoms with Crippen LogP contribution in [0.2, 0.25) is 0 Å². The number of carbonyl (C=O) groups is 1. The highest BCUT2D eigenvalue weighted by Gasteiger charge is 2.18. The lowest BCUT2D eigenvalue weighted by atomic mass is 10.1. The van der Waals surface area contributed by atoms with Gasteiger partial charge in [0, 0.05) is 22.9 Å². The van der Waals surface area contributed by atoms with Gasteiger partial charge in [-0.05, 0) is 30.5 Å². The van der Waals surface area contributed by atoms with E-state index < -0.39 is 0 Å². The molecule has 0 unspecified atom stereocenters. The van der Waals surface area contributed by atoms with Gasteiger partial charge < -0.3 is 5.32 Å². The molecule has 1 aromatic carbocycles. The molecule has 0 atom stereocenters. The average Bonchev–Trinajstić information content (AvgIpc) is 3.02. The summed E-state index contributed by atoms with van der Waals surface area (Å²) in [5, 5.41) is 3.02. The molecule has 0 saturated heterocycles. The number of carbonyl (C=O) groups excluding carboxylic acids is 1. The molecule has 2 nitrogen and oxygen atoms in total. The van der Waals surface area contributed by atoms with Gasteiger partial charge in [0.05, 0.1) is 4.88 Å². The number of aryl methyl sites for hydroxylation is 1. The summed E-state index contributed by atoms with van der Waals surface area (Å²) in [5.41, 5.74) is 3.88. The van der Waals surface area contributed by atoms with E-state index in [1.165, 1.54) is 21.6 Å². The second-order valence-corrected chi connectivity index (χ2v) is 7.17. The highest BCUT2D eigenvalue weighted by molar-refractivity contribution is 7.98. The summed E-state index contributed by atoms with van der Waals surface area (Å²) in [6.07, 6.45) is 0.882. The summed E-state index contributed by atoms with van der Waals surface area (Å²) in [6.45, 7) is 2.78. The summed E-state index contributed by atoms with van der Waals surface area (Å²) in [4.78, 5) is 14.3. The predicted molar refractivity (Wildman–Crippen MR) is 86.5 cm³/mol. The van der Waals surface area contributed by atoms with Crippen molar-refractivity contribution in [3.05, 3.63) is 56.8 Å². The fraction of sp³-hybridized carbons (Fsp3) is 0.312. The van der Waals surface area contributed by atoms with Crippen molar-refractivity contribution in [2.45, 2.75) is 24.9 Å². The molecule has 2 aromatic rings. The summed E-state index contributed by atoms with van der Waals surface area (Å²) >= 11 is 3.57. The van der Waals surface area contributed by atoms with Crippen LogP contribution in [-0.4, -0.2) is 12.5 Å². The second kappa shape index (κ2) is 6.02. The Labute approximate surface area is 127 Å². The van der Waals surface area contributed by atoms with Crippen molar-refractivity contribution in [2.24, 2.45) is 0 Å². The minimum Gasteiger partial charge on any atom is -0.351 e. The highest BCUT2D eigenvalue weighted by Crippen LogP contribution is 2.36. The van der Waals surface area contributed by atoms with Crippen LogP contribution in [0.4, 0.5) is 0 Å². The normalized spacial score (nSPS) is 13.2. The summed E-state index contributed by atoms with van der Waals surface area (Å²) < 4.78 is 0. The van der Waals surface area contributed by atoms with Crippen LogP contribution in [0.5, 0.6) is 0 Å². The standard InChI is InChI=1S/C16H17NOS2/c1-11-2-4-12(5-3-11)6-7-17-16(18)14-8-13-9-19-10-15(13)20-14/h2-5,8H,6-7,9-10H2,1H3,(H,17,18). The molecule has 0 saturated carbocycles. The van der Waals surface area contributed by atoms with Gasteiger partial charge in [-0.1, -0.05) is 29.8 Å². The van der Waals surface area contributed by atoms with Gasteiger partial charge in [0.1, 0.15) is 0 Å². The lowest BCUT2D eigenvalue weighted by Gasteiger charge is -2.04. The van der Waals surface area contributed by atoms with Crippen LogP contribution < -0.4 is 5.32 Å². The number of rotatable bonds is 4. The van der Waals surface area contributed by atoms with Gasteiger partial charge in [-0.15, -0.1) is 11.3 Å². The molecule has 1 amide bonds. The minimum absolute atomic E-state index is 0.0708. The molecule has 3 rings (SSSR count). The van der Waals surface area contributed by atoms with Gasteiger partial charge in [-0.25, -0.2) is 0 Å². The van der Waals surface area contributed by atoms with Crippen molar-refractivity contribution in [3.63, 3.8) is 0 Å². The number of thioether (sulfide) groups is 1.